The number of hydrogen-bond donors (Lipinski definition) is 2. The van der Waals surface area contributed by atoms with Crippen LogP contribution >= 0.6 is 0 Å². The van der Waals surface area contributed by atoms with E-state index in [1.807, 2.05) is 12.1 Å². The highest BCUT2D eigenvalue weighted by Crippen LogP contribution is 2.35. The molecule has 2 atom stereocenters. The minimum Gasteiger partial charge on any atom is -0.483 e. The maximum atomic E-state index is 14.7. The zero-order chi connectivity index (χ0) is 24.5. The van der Waals surface area contributed by atoms with Gasteiger partial charge in [-0.1, -0.05) is 18.2 Å². The van der Waals surface area contributed by atoms with Crippen LogP contribution in [0.5, 0.6) is 5.75 Å². The van der Waals surface area contributed by atoms with Crippen molar-refractivity contribution in [1.82, 2.24) is 4.90 Å². The van der Waals surface area contributed by atoms with Crippen molar-refractivity contribution in [2.24, 2.45) is 5.92 Å². The Bertz CT molecular complexity index is 1140. The zero-order valence-corrected chi connectivity index (χ0v) is 18.6. The molecule has 1 saturated heterocycles. The second-order valence-corrected chi connectivity index (χ2v) is 8.76. The molecule has 0 aromatic heterocycles. The number of piperidine rings is 1. The van der Waals surface area contributed by atoms with Crippen molar-refractivity contribution in [3.63, 3.8) is 0 Å². The monoisotopic (exact) mass is 469 g/mol. The van der Waals surface area contributed by atoms with Gasteiger partial charge in [-0.05, 0) is 55.2 Å². The van der Waals surface area contributed by atoms with E-state index < -0.39 is 30.6 Å². The first-order valence-electron chi connectivity index (χ1n) is 11.1. The predicted molar refractivity (Wildman–Crippen MR) is 120 cm³/mol. The third-order valence-electron chi connectivity index (χ3n) is 5.98. The summed E-state index contributed by atoms with van der Waals surface area (Å²) in [6, 6.07) is 13.9. The third-order valence-corrected chi connectivity index (χ3v) is 5.98. The number of likely N-dealkylation sites (tertiary alicyclic amines) is 1. The molecule has 7 nitrogen and oxygen atoms in total. The summed E-state index contributed by atoms with van der Waals surface area (Å²) in [6.45, 7) is 0.393. The molecule has 0 unspecified atom stereocenters. The number of nitrogens with zero attached hydrogens (tertiary/aromatic N) is 2. The molecular formula is C25H25F2N3O4. The zero-order valence-electron chi connectivity index (χ0n) is 18.6. The van der Waals surface area contributed by atoms with E-state index in [1.165, 1.54) is 13.0 Å². The number of nitrogens with one attached hydrogen (secondary N) is 1. The van der Waals surface area contributed by atoms with Crippen molar-refractivity contribution in [2.45, 2.75) is 44.3 Å². The summed E-state index contributed by atoms with van der Waals surface area (Å²) in [5.74, 6) is -4.01. The highest BCUT2D eigenvalue weighted by atomic mass is 19.3. The Morgan fingerprint density at radius 1 is 1.21 bits per heavy atom. The summed E-state index contributed by atoms with van der Waals surface area (Å²) in [6.07, 6.45) is -1.21. The Balaban J connectivity index is 1.49. The number of rotatable bonds is 6. The van der Waals surface area contributed by atoms with Crippen molar-refractivity contribution in [3.8, 4) is 22.9 Å². The van der Waals surface area contributed by atoms with Gasteiger partial charge in [-0.25, -0.2) is 8.78 Å². The van der Waals surface area contributed by atoms with Gasteiger partial charge in [-0.2, -0.15) is 5.26 Å². The number of carbonyl (C=O) groups is 2. The van der Waals surface area contributed by atoms with E-state index in [-0.39, 0.29) is 36.1 Å². The molecule has 1 heterocycles. The van der Waals surface area contributed by atoms with Crippen molar-refractivity contribution < 1.29 is 28.2 Å². The number of aliphatic hydroxyl groups is 1. The average molecular weight is 469 g/mol. The van der Waals surface area contributed by atoms with Gasteiger partial charge in [-0.15, -0.1) is 0 Å². The van der Waals surface area contributed by atoms with Crippen LogP contribution in [-0.4, -0.2) is 53.0 Å². The number of nitriles is 1. The first kappa shape index (κ1) is 23.6. The smallest absolute Gasteiger partial charge is 0.301 e. The maximum absolute atomic E-state index is 14.7. The van der Waals surface area contributed by atoms with Gasteiger partial charge in [0.2, 0.25) is 5.91 Å². The fourth-order valence-corrected chi connectivity index (χ4v) is 3.94. The van der Waals surface area contributed by atoms with Gasteiger partial charge in [0.05, 0.1) is 12.1 Å². The van der Waals surface area contributed by atoms with Crippen molar-refractivity contribution >= 4 is 17.5 Å². The standard InChI is InChI=1S/C25H25F2N3O4/c1-15(31)24(33)30-10-9-22(25(26,27)14-30)34-21-8-7-18(11-19(21)13-28)17-3-2-4-20(12-17)29-23(32)16-5-6-16/h2-4,7-8,11-12,15-16,22,31H,5-6,9-10,14H2,1H3,(H,29,32)/t15-,22-/m0/s1. The van der Waals surface area contributed by atoms with Crippen molar-refractivity contribution in [1.29, 1.82) is 5.26 Å². The Kier molecular flexibility index (Phi) is 6.53. The molecule has 4 rings (SSSR count). The molecule has 2 N–H and O–H groups in total. The van der Waals surface area contributed by atoms with Crippen LogP contribution in [0.1, 0.15) is 31.7 Å². The van der Waals surface area contributed by atoms with E-state index in [2.05, 4.69) is 5.32 Å². The molecule has 2 aromatic rings. The number of carbonyl (C=O) groups excluding carboxylic acids is 2. The molecule has 34 heavy (non-hydrogen) atoms. The minimum atomic E-state index is -3.34. The van der Waals surface area contributed by atoms with E-state index >= 15 is 0 Å². The lowest BCUT2D eigenvalue weighted by Crippen LogP contribution is -2.56. The predicted octanol–water partition coefficient (Wildman–Crippen LogP) is 3.57. The van der Waals surface area contributed by atoms with Gasteiger partial charge in [0.15, 0.2) is 6.10 Å². The second kappa shape index (κ2) is 9.39. The van der Waals surface area contributed by atoms with Gasteiger partial charge >= 0.3 is 5.92 Å². The Morgan fingerprint density at radius 2 is 1.94 bits per heavy atom. The molecular weight excluding hydrogens is 444 g/mol. The molecule has 2 aliphatic rings. The van der Waals surface area contributed by atoms with Crippen LogP contribution in [0.15, 0.2) is 42.5 Å². The SMILES string of the molecule is C[C@H](O)C(=O)N1CC[C@H](Oc2ccc(-c3cccc(NC(=O)C4CC4)c3)cc2C#N)C(F)(F)C1. The van der Waals surface area contributed by atoms with Crippen LogP contribution in [0.4, 0.5) is 14.5 Å². The van der Waals surface area contributed by atoms with Gasteiger partial charge in [0.1, 0.15) is 17.9 Å². The number of hydrogen-bond acceptors (Lipinski definition) is 5. The molecule has 178 valence electrons. The van der Waals surface area contributed by atoms with Crippen molar-refractivity contribution in [2.75, 3.05) is 18.4 Å². The molecule has 2 amide bonds. The number of ether oxygens (including phenoxy) is 1. The number of aliphatic hydroxyl groups excluding tert-OH is 1. The van der Waals surface area contributed by atoms with E-state index in [0.717, 1.165) is 23.3 Å². The fourth-order valence-electron chi connectivity index (χ4n) is 3.94. The van der Waals surface area contributed by atoms with Crippen LogP contribution in [-0.2, 0) is 9.59 Å². The highest BCUT2D eigenvalue weighted by molar-refractivity contribution is 5.94. The van der Waals surface area contributed by atoms with Gasteiger partial charge in [-0.3, -0.25) is 9.59 Å². The van der Waals surface area contributed by atoms with Gasteiger partial charge in [0.25, 0.3) is 5.91 Å². The molecule has 1 saturated carbocycles. The summed E-state index contributed by atoms with van der Waals surface area (Å²) in [5, 5.41) is 21.9. The molecule has 1 aliphatic heterocycles. The van der Waals surface area contributed by atoms with Crippen LogP contribution < -0.4 is 10.1 Å². The lowest BCUT2D eigenvalue weighted by atomic mass is 10.0. The number of amides is 2. The maximum Gasteiger partial charge on any atom is 0.301 e. The van der Waals surface area contributed by atoms with Crippen LogP contribution in [0.2, 0.25) is 0 Å². The largest absolute Gasteiger partial charge is 0.483 e. The summed E-state index contributed by atoms with van der Waals surface area (Å²) in [5.41, 5.74) is 2.18. The Labute approximate surface area is 195 Å². The first-order chi connectivity index (χ1) is 16.2. The number of anilines is 1. The molecule has 9 heteroatoms. The number of benzene rings is 2. The topological polar surface area (TPSA) is 103 Å². The first-order valence-corrected chi connectivity index (χ1v) is 11.1. The van der Waals surface area contributed by atoms with E-state index in [4.69, 9.17) is 4.74 Å². The normalized spacial score (nSPS) is 20.2. The lowest BCUT2D eigenvalue weighted by Gasteiger charge is -2.38. The van der Waals surface area contributed by atoms with Crippen LogP contribution in [0.25, 0.3) is 11.1 Å². The fraction of sp³-hybridized carbons (Fsp3) is 0.400. The van der Waals surface area contributed by atoms with E-state index in [0.29, 0.717) is 11.3 Å². The van der Waals surface area contributed by atoms with Crippen LogP contribution in [0.3, 0.4) is 0 Å². The molecule has 1 aliphatic carbocycles. The van der Waals surface area contributed by atoms with Crippen molar-refractivity contribution in [3.05, 3.63) is 48.0 Å². The summed E-state index contributed by atoms with van der Waals surface area (Å²) >= 11 is 0. The van der Waals surface area contributed by atoms with Gasteiger partial charge < -0.3 is 20.1 Å². The van der Waals surface area contributed by atoms with E-state index in [1.54, 1.807) is 30.3 Å². The lowest BCUT2D eigenvalue weighted by molar-refractivity contribution is -0.165. The molecule has 0 radical (unpaired) electrons. The highest BCUT2D eigenvalue weighted by Gasteiger charge is 2.48. The molecule has 2 aromatic carbocycles. The number of halogens is 2. The summed E-state index contributed by atoms with van der Waals surface area (Å²) < 4.78 is 35.0. The van der Waals surface area contributed by atoms with Crippen LogP contribution in [0, 0.1) is 17.2 Å². The quantitative estimate of drug-likeness (QED) is 0.674. The summed E-state index contributed by atoms with van der Waals surface area (Å²) in [7, 11) is 0. The minimum absolute atomic E-state index is 0.0132. The van der Waals surface area contributed by atoms with Gasteiger partial charge in [0, 0.05) is 24.6 Å². The van der Waals surface area contributed by atoms with E-state index in [9.17, 15) is 28.7 Å². The average Bonchev–Trinajstić information content (AvgIpc) is 3.65. The summed E-state index contributed by atoms with van der Waals surface area (Å²) in [4.78, 5) is 24.8. The molecule has 0 bridgehead atoms. The Hall–Kier alpha value is -3.51. The second-order valence-electron chi connectivity index (χ2n) is 8.76. The molecule has 0 spiro atoms. The Morgan fingerprint density at radius 3 is 2.59 bits per heavy atom. The number of alkyl halides is 2. The third kappa shape index (κ3) is 5.18. The molecule has 2 fully saturated rings.